The van der Waals surface area contributed by atoms with Crippen LogP contribution in [0.5, 0.6) is 0 Å². The molecule has 1 rings (SSSR count). The number of rotatable bonds is 11. The summed E-state index contributed by atoms with van der Waals surface area (Å²) in [7, 11) is 1.50. The highest BCUT2D eigenvalue weighted by molar-refractivity contribution is 5.81. The van der Waals surface area contributed by atoms with Gasteiger partial charge in [0.15, 0.2) is 6.10 Å². The standard InChI is InChI=1S/C23H36FNO5/c1-17(2)12-13-20(25(6)22(27)30-23(3,4)5)21(26)29-19(14-24)16-28-15-18-10-8-7-9-11-18/h7-11,17,19-20H,12-16H2,1-6H3/t19-,20+/m1/s1. The predicted molar refractivity (Wildman–Crippen MR) is 114 cm³/mol. The van der Waals surface area contributed by atoms with Gasteiger partial charge in [0.05, 0.1) is 13.2 Å². The monoisotopic (exact) mass is 425 g/mol. The third-order valence-electron chi connectivity index (χ3n) is 4.31. The zero-order valence-corrected chi connectivity index (χ0v) is 19.0. The maximum Gasteiger partial charge on any atom is 0.410 e. The molecule has 170 valence electrons. The van der Waals surface area contributed by atoms with Gasteiger partial charge in [-0.05, 0) is 45.1 Å². The summed E-state index contributed by atoms with van der Waals surface area (Å²) in [6, 6.07) is 8.61. The molecule has 1 aromatic carbocycles. The number of carbonyl (C=O) groups is 2. The first-order valence-electron chi connectivity index (χ1n) is 10.4. The molecular formula is C23H36FNO5. The highest BCUT2D eigenvalue weighted by Crippen LogP contribution is 2.17. The SMILES string of the molecule is CC(C)CC[C@@H](C(=O)O[C@H](CF)COCc1ccccc1)N(C)C(=O)OC(C)(C)C. The van der Waals surface area contributed by atoms with Gasteiger partial charge in [-0.3, -0.25) is 4.90 Å². The van der Waals surface area contributed by atoms with Crippen molar-refractivity contribution in [2.45, 2.75) is 71.8 Å². The van der Waals surface area contributed by atoms with E-state index in [1.807, 2.05) is 44.2 Å². The van der Waals surface area contributed by atoms with Gasteiger partial charge in [0.25, 0.3) is 0 Å². The summed E-state index contributed by atoms with van der Waals surface area (Å²) in [5, 5.41) is 0. The Balaban J connectivity index is 2.71. The van der Waals surface area contributed by atoms with Crippen LogP contribution in [0.4, 0.5) is 9.18 Å². The summed E-state index contributed by atoms with van der Waals surface area (Å²) in [6.07, 6.45) is -0.548. The lowest BCUT2D eigenvalue weighted by Crippen LogP contribution is -2.47. The minimum absolute atomic E-state index is 0.0653. The number of halogens is 1. The largest absolute Gasteiger partial charge is 0.456 e. The highest BCUT2D eigenvalue weighted by atomic mass is 19.1. The smallest absolute Gasteiger partial charge is 0.410 e. The third-order valence-corrected chi connectivity index (χ3v) is 4.31. The minimum Gasteiger partial charge on any atom is -0.456 e. The van der Waals surface area contributed by atoms with Crippen LogP contribution in [0.15, 0.2) is 30.3 Å². The molecular weight excluding hydrogens is 389 g/mol. The van der Waals surface area contributed by atoms with Crippen molar-refractivity contribution in [3.8, 4) is 0 Å². The molecule has 7 heteroatoms. The molecule has 1 aromatic rings. The number of amides is 1. The van der Waals surface area contributed by atoms with Gasteiger partial charge in [0, 0.05) is 7.05 Å². The number of ether oxygens (including phenoxy) is 3. The quantitative estimate of drug-likeness (QED) is 0.479. The van der Waals surface area contributed by atoms with E-state index in [9.17, 15) is 14.0 Å². The molecule has 0 radical (unpaired) electrons. The molecule has 0 unspecified atom stereocenters. The molecule has 1 amide bonds. The summed E-state index contributed by atoms with van der Waals surface area (Å²) in [6.45, 7) is 8.67. The van der Waals surface area contributed by atoms with E-state index in [0.717, 1.165) is 5.56 Å². The summed E-state index contributed by atoms with van der Waals surface area (Å²) >= 11 is 0. The fourth-order valence-corrected chi connectivity index (χ4v) is 2.66. The maximum absolute atomic E-state index is 13.4. The molecule has 6 nitrogen and oxygen atoms in total. The van der Waals surface area contributed by atoms with Gasteiger partial charge < -0.3 is 14.2 Å². The van der Waals surface area contributed by atoms with Crippen LogP contribution >= 0.6 is 0 Å². The Morgan fingerprint density at radius 2 is 1.73 bits per heavy atom. The summed E-state index contributed by atoms with van der Waals surface area (Å²) in [5.41, 5.74) is 0.255. The number of esters is 1. The van der Waals surface area contributed by atoms with Gasteiger partial charge in [-0.15, -0.1) is 0 Å². The van der Waals surface area contributed by atoms with Gasteiger partial charge in [-0.25, -0.2) is 14.0 Å². The third kappa shape index (κ3) is 10.1. The van der Waals surface area contributed by atoms with E-state index in [1.165, 1.54) is 11.9 Å². The van der Waals surface area contributed by atoms with Gasteiger partial charge in [0.1, 0.15) is 18.3 Å². The molecule has 0 aromatic heterocycles. The molecule has 0 fully saturated rings. The van der Waals surface area contributed by atoms with E-state index in [-0.39, 0.29) is 6.61 Å². The first-order valence-corrected chi connectivity index (χ1v) is 10.4. The van der Waals surface area contributed by atoms with Gasteiger partial charge in [-0.1, -0.05) is 44.2 Å². The molecule has 0 N–H and O–H groups in total. The molecule has 2 atom stereocenters. The zero-order valence-electron chi connectivity index (χ0n) is 19.0. The van der Waals surface area contributed by atoms with Crippen LogP contribution in [0.3, 0.4) is 0 Å². The fourth-order valence-electron chi connectivity index (χ4n) is 2.66. The molecule has 0 saturated heterocycles. The molecule has 0 saturated carbocycles. The zero-order chi connectivity index (χ0) is 22.7. The molecule has 0 bridgehead atoms. The van der Waals surface area contributed by atoms with Gasteiger partial charge >= 0.3 is 12.1 Å². The van der Waals surface area contributed by atoms with Crippen LogP contribution < -0.4 is 0 Å². The summed E-state index contributed by atoms with van der Waals surface area (Å²) in [5.74, 6) is -0.325. The molecule has 0 aliphatic rings. The Morgan fingerprint density at radius 3 is 2.27 bits per heavy atom. The first kappa shape index (κ1) is 25.9. The van der Waals surface area contributed by atoms with Crippen LogP contribution in [0, 0.1) is 5.92 Å². The molecule has 0 aliphatic carbocycles. The number of nitrogens with zero attached hydrogens (tertiary/aromatic N) is 1. The van der Waals surface area contributed by atoms with E-state index in [0.29, 0.717) is 25.4 Å². The fraction of sp³-hybridized carbons (Fsp3) is 0.652. The predicted octanol–water partition coefficient (Wildman–Crippen LogP) is 4.76. The highest BCUT2D eigenvalue weighted by Gasteiger charge is 2.32. The normalized spacial score (nSPS) is 13.6. The van der Waals surface area contributed by atoms with E-state index >= 15 is 0 Å². The Hall–Kier alpha value is -2.15. The average Bonchev–Trinajstić information content (AvgIpc) is 2.66. The van der Waals surface area contributed by atoms with E-state index in [2.05, 4.69) is 0 Å². The lowest BCUT2D eigenvalue weighted by Gasteiger charge is -2.30. The van der Waals surface area contributed by atoms with E-state index in [4.69, 9.17) is 14.2 Å². The maximum atomic E-state index is 13.4. The lowest BCUT2D eigenvalue weighted by molar-refractivity contribution is -0.159. The second-order valence-electron chi connectivity index (χ2n) is 8.79. The van der Waals surface area contributed by atoms with Crippen LogP contribution in [0.1, 0.15) is 53.0 Å². The molecule has 0 aliphatic heterocycles. The molecule has 0 spiro atoms. The van der Waals surface area contributed by atoms with Crippen LogP contribution in [0.25, 0.3) is 0 Å². The molecule has 30 heavy (non-hydrogen) atoms. The van der Waals surface area contributed by atoms with Crippen molar-refractivity contribution in [1.29, 1.82) is 0 Å². The number of alkyl halides is 1. The Bertz CT molecular complexity index is 645. The van der Waals surface area contributed by atoms with Crippen molar-refractivity contribution < 1.29 is 28.2 Å². The average molecular weight is 426 g/mol. The topological polar surface area (TPSA) is 65.1 Å². The number of hydrogen-bond donors (Lipinski definition) is 0. The van der Waals surface area contributed by atoms with Gasteiger partial charge in [0.2, 0.25) is 0 Å². The first-order chi connectivity index (χ1) is 14.0. The number of hydrogen-bond acceptors (Lipinski definition) is 5. The Labute approximate surface area is 179 Å². The van der Waals surface area contributed by atoms with Crippen molar-refractivity contribution in [3.63, 3.8) is 0 Å². The van der Waals surface area contributed by atoms with E-state index in [1.54, 1.807) is 20.8 Å². The van der Waals surface area contributed by atoms with Crippen molar-refractivity contribution >= 4 is 12.1 Å². The Kier molecular flexibility index (Phi) is 10.8. The van der Waals surface area contributed by atoms with Crippen LogP contribution in [-0.2, 0) is 25.6 Å². The lowest BCUT2D eigenvalue weighted by atomic mass is 10.0. The second-order valence-corrected chi connectivity index (χ2v) is 8.79. The Morgan fingerprint density at radius 1 is 1.10 bits per heavy atom. The summed E-state index contributed by atoms with van der Waals surface area (Å²) in [4.78, 5) is 26.4. The minimum atomic E-state index is -1.03. The van der Waals surface area contributed by atoms with Crippen LogP contribution in [0.2, 0.25) is 0 Å². The second kappa shape index (κ2) is 12.5. The van der Waals surface area contributed by atoms with Crippen molar-refractivity contribution in [2.75, 3.05) is 20.3 Å². The van der Waals surface area contributed by atoms with Crippen molar-refractivity contribution in [1.82, 2.24) is 4.90 Å². The van der Waals surface area contributed by atoms with Gasteiger partial charge in [-0.2, -0.15) is 0 Å². The van der Waals surface area contributed by atoms with Crippen molar-refractivity contribution in [2.24, 2.45) is 5.92 Å². The number of likely N-dealkylation sites (N-methyl/N-ethyl adjacent to an activating group) is 1. The van der Waals surface area contributed by atoms with Crippen molar-refractivity contribution in [3.05, 3.63) is 35.9 Å². The van der Waals surface area contributed by atoms with Crippen LogP contribution in [-0.4, -0.2) is 55.0 Å². The summed E-state index contributed by atoms with van der Waals surface area (Å²) < 4.78 is 29.7. The molecule has 0 heterocycles. The van der Waals surface area contributed by atoms with E-state index < -0.39 is 36.5 Å². The number of benzene rings is 1. The number of carbonyl (C=O) groups excluding carboxylic acids is 2.